The molecular formula is C37H30N2O5. The van der Waals surface area contributed by atoms with Crippen LogP contribution in [-0.4, -0.2) is 42.1 Å². The molecule has 7 rings (SSSR count). The number of benzene rings is 4. The maximum Gasteiger partial charge on any atom is 0.238 e. The number of ether oxygens (including phenoxy) is 2. The topological polar surface area (TPSA) is 84.9 Å². The predicted octanol–water partition coefficient (Wildman–Crippen LogP) is 6.24. The molecule has 1 saturated heterocycles. The summed E-state index contributed by atoms with van der Waals surface area (Å²) in [7, 11) is 1.56. The van der Waals surface area contributed by atoms with E-state index in [9.17, 15) is 9.59 Å². The van der Waals surface area contributed by atoms with Gasteiger partial charge in [-0.15, -0.1) is 0 Å². The molecule has 1 N–H and O–H groups in total. The van der Waals surface area contributed by atoms with E-state index in [0.717, 1.165) is 11.1 Å². The SMILES string of the molecule is C=CCOc1ccccc1C(=O)[C@@H]1[C@@H](C(=O)c2ccc(OC)cc2)N2C=Cc3ccccc3[C@@H]2[C@@]12C(=O)Nc1ccccc12. The van der Waals surface area contributed by atoms with Crippen molar-refractivity contribution in [1.82, 2.24) is 4.90 Å². The van der Waals surface area contributed by atoms with Gasteiger partial charge in [-0.25, -0.2) is 0 Å². The van der Waals surface area contributed by atoms with Gasteiger partial charge in [0.1, 0.15) is 29.6 Å². The van der Waals surface area contributed by atoms with Crippen molar-refractivity contribution in [3.05, 3.63) is 144 Å². The predicted molar refractivity (Wildman–Crippen MR) is 168 cm³/mol. The molecule has 4 aromatic rings. The third-order valence-corrected chi connectivity index (χ3v) is 9.01. The van der Waals surface area contributed by atoms with Crippen molar-refractivity contribution in [2.75, 3.05) is 19.0 Å². The van der Waals surface area contributed by atoms with Gasteiger partial charge in [-0.3, -0.25) is 14.4 Å². The van der Waals surface area contributed by atoms with Crippen molar-refractivity contribution in [2.24, 2.45) is 5.92 Å². The number of para-hydroxylation sites is 2. The minimum atomic E-state index is -1.42. The molecule has 44 heavy (non-hydrogen) atoms. The molecule has 3 aliphatic rings. The maximum absolute atomic E-state index is 15.1. The monoisotopic (exact) mass is 582 g/mol. The van der Waals surface area contributed by atoms with Crippen LogP contribution in [0.2, 0.25) is 0 Å². The molecule has 1 spiro atoms. The van der Waals surface area contributed by atoms with Crippen LogP contribution in [0.3, 0.4) is 0 Å². The van der Waals surface area contributed by atoms with E-state index < -0.39 is 23.4 Å². The fraction of sp³-hybridized carbons (Fsp3) is 0.162. The molecular weight excluding hydrogens is 552 g/mol. The Morgan fingerprint density at radius 1 is 0.932 bits per heavy atom. The number of anilines is 1. The number of fused-ring (bicyclic) bond motifs is 6. The van der Waals surface area contributed by atoms with Crippen LogP contribution in [0.15, 0.2) is 116 Å². The van der Waals surface area contributed by atoms with Crippen LogP contribution in [0.5, 0.6) is 11.5 Å². The largest absolute Gasteiger partial charge is 0.497 e. The van der Waals surface area contributed by atoms with Crippen molar-refractivity contribution in [1.29, 1.82) is 0 Å². The number of rotatable bonds is 8. The average Bonchev–Trinajstić information content (AvgIpc) is 3.55. The van der Waals surface area contributed by atoms with Gasteiger partial charge in [0.15, 0.2) is 11.6 Å². The first-order valence-corrected chi connectivity index (χ1v) is 14.5. The number of hydrogen-bond donors (Lipinski definition) is 1. The summed E-state index contributed by atoms with van der Waals surface area (Å²) in [5.74, 6) is -1.04. The van der Waals surface area contributed by atoms with E-state index in [4.69, 9.17) is 9.47 Å². The molecule has 0 aromatic heterocycles. The van der Waals surface area contributed by atoms with Gasteiger partial charge in [-0.05, 0) is 65.2 Å². The molecule has 0 radical (unpaired) electrons. The highest BCUT2D eigenvalue weighted by Gasteiger charge is 2.70. The molecule has 0 bridgehead atoms. The quantitative estimate of drug-likeness (QED) is 0.196. The lowest BCUT2D eigenvalue weighted by Crippen LogP contribution is -2.49. The minimum absolute atomic E-state index is 0.197. The van der Waals surface area contributed by atoms with Crippen molar-refractivity contribution < 1.29 is 23.9 Å². The highest BCUT2D eigenvalue weighted by atomic mass is 16.5. The number of carbonyl (C=O) groups is 3. The van der Waals surface area contributed by atoms with Gasteiger partial charge in [-0.1, -0.05) is 67.3 Å². The van der Waals surface area contributed by atoms with Gasteiger partial charge >= 0.3 is 0 Å². The van der Waals surface area contributed by atoms with Crippen LogP contribution in [0.25, 0.3) is 6.08 Å². The van der Waals surface area contributed by atoms with Crippen LogP contribution in [0.1, 0.15) is 43.4 Å². The van der Waals surface area contributed by atoms with Crippen LogP contribution in [-0.2, 0) is 10.2 Å². The molecule has 4 aromatic carbocycles. The second-order valence-electron chi connectivity index (χ2n) is 11.1. The lowest BCUT2D eigenvalue weighted by atomic mass is 9.62. The molecule has 4 atom stereocenters. The number of Topliss-reactive ketones (excluding diaryl/α,β-unsaturated/α-hetero) is 2. The number of hydrogen-bond acceptors (Lipinski definition) is 6. The second-order valence-corrected chi connectivity index (χ2v) is 11.1. The van der Waals surface area contributed by atoms with Crippen molar-refractivity contribution in [3.8, 4) is 11.5 Å². The Labute approximate surface area is 255 Å². The summed E-state index contributed by atoms with van der Waals surface area (Å²) < 4.78 is 11.3. The summed E-state index contributed by atoms with van der Waals surface area (Å²) in [6.45, 7) is 3.94. The zero-order chi connectivity index (χ0) is 30.4. The highest BCUT2D eigenvalue weighted by Crippen LogP contribution is 2.62. The van der Waals surface area contributed by atoms with Gasteiger partial charge in [0.25, 0.3) is 0 Å². The van der Waals surface area contributed by atoms with Crippen LogP contribution >= 0.6 is 0 Å². The average molecular weight is 583 g/mol. The first-order chi connectivity index (χ1) is 21.5. The van der Waals surface area contributed by atoms with Crippen molar-refractivity contribution in [2.45, 2.75) is 17.5 Å². The molecule has 7 heteroatoms. The summed E-state index contributed by atoms with van der Waals surface area (Å²) in [5, 5.41) is 3.08. The zero-order valence-electron chi connectivity index (χ0n) is 24.1. The second kappa shape index (κ2) is 10.7. The third-order valence-electron chi connectivity index (χ3n) is 9.01. The van der Waals surface area contributed by atoms with Crippen molar-refractivity contribution in [3.63, 3.8) is 0 Å². The molecule has 0 aliphatic carbocycles. The Hall–Kier alpha value is -5.43. The van der Waals surface area contributed by atoms with Crippen LogP contribution in [0, 0.1) is 5.92 Å². The molecule has 0 saturated carbocycles. The lowest BCUT2D eigenvalue weighted by molar-refractivity contribution is -0.122. The number of carbonyl (C=O) groups excluding carboxylic acids is 3. The van der Waals surface area contributed by atoms with Gasteiger partial charge in [-0.2, -0.15) is 0 Å². The Kier molecular flexibility index (Phi) is 6.66. The third kappa shape index (κ3) is 3.93. The number of nitrogens with one attached hydrogen (secondary N) is 1. The van der Waals surface area contributed by atoms with E-state index in [0.29, 0.717) is 33.9 Å². The number of methoxy groups -OCH3 is 1. The molecule has 7 nitrogen and oxygen atoms in total. The lowest BCUT2D eigenvalue weighted by Gasteiger charge is -2.38. The summed E-state index contributed by atoms with van der Waals surface area (Å²) >= 11 is 0. The minimum Gasteiger partial charge on any atom is -0.497 e. The maximum atomic E-state index is 15.1. The van der Waals surface area contributed by atoms with E-state index >= 15 is 4.79 Å². The number of amides is 1. The fourth-order valence-corrected chi connectivity index (χ4v) is 7.21. The van der Waals surface area contributed by atoms with Crippen LogP contribution in [0.4, 0.5) is 5.69 Å². The van der Waals surface area contributed by atoms with Gasteiger partial charge in [0.05, 0.1) is 24.6 Å². The summed E-state index contributed by atoms with van der Waals surface area (Å²) in [6, 6.07) is 27.5. The molecule has 1 fully saturated rings. The first kappa shape index (κ1) is 27.4. The molecule has 3 heterocycles. The molecule has 3 aliphatic heterocycles. The smallest absolute Gasteiger partial charge is 0.238 e. The Morgan fingerprint density at radius 2 is 1.66 bits per heavy atom. The van der Waals surface area contributed by atoms with E-state index in [1.54, 1.807) is 61.7 Å². The van der Waals surface area contributed by atoms with Gasteiger partial charge in [0, 0.05) is 17.5 Å². The Bertz CT molecular complexity index is 1840. The normalized spacial score (nSPS) is 22.5. The van der Waals surface area contributed by atoms with E-state index in [1.165, 1.54) is 0 Å². The van der Waals surface area contributed by atoms with E-state index in [-0.39, 0.29) is 24.1 Å². The Morgan fingerprint density at radius 3 is 2.45 bits per heavy atom. The van der Waals surface area contributed by atoms with Crippen molar-refractivity contribution >= 4 is 29.2 Å². The van der Waals surface area contributed by atoms with Gasteiger partial charge in [0.2, 0.25) is 5.91 Å². The summed E-state index contributed by atoms with van der Waals surface area (Å²) in [4.78, 5) is 46.4. The number of nitrogens with zero attached hydrogens (tertiary/aromatic N) is 1. The van der Waals surface area contributed by atoms with Crippen LogP contribution < -0.4 is 14.8 Å². The number of ketones is 2. The van der Waals surface area contributed by atoms with E-state index in [1.807, 2.05) is 65.7 Å². The zero-order valence-corrected chi connectivity index (χ0v) is 24.1. The molecule has 0 unspecified atom stereocenters. The highest BCUT2D eigenvalue weighted by molar-refractivity contribution is 6.17. The molecule has 1 amide bonds. The first-order valence-electron chi connectivity index (χ1n) is 14.5. The van der Waals surface area contributed by atoms with Gasteiger partial charge < -0.3 is 19.7 Å². The molecule has 218 valence electrons. The standard InChI is InChI=1S/C37H30N2O5/c1-3-22-44-30-15-9-6-12-27(30)34(41)31-32(33(40)24-16-18-25(43-2)19-17-24)39-21-20-23-10-4-5-11-26(23)35(39)37(31)28-13-7-8-14-29(28)38-36(37)42/h3-21,31-32,35H,1,22H2,2H3,(H,38,42)/t31-,32-,35+,37-/m0/s1. The summed E-state index contributed by atoms with van der Waals surface area (Å²) in [6.07, 6.45) is 5.42. The summed E-state index contributed by atoms with van der Waals surface area (Å²) in [5.41, 5.74) is 2.44. The fourth-order valence-electron chi connectivity index (χ4n) is 7.21. The Balaban J connectivity index is 1.51. The van der Waals surface area contributed by atoms with E-state index in [2.05, 4.69) is 11.9 Å².